The van der Waals surface area contributed by atoms with E-state index in [1.54, 1.807) is 6.92 Å². The van der Waals surface area contributed by atoms with Crippen molar-refractivity contribution < 1.29 is 9.90 Å². The second-order valence-electron chi connectivity index (χ2n) is 3.44. The van der Waals surface area contributed by atoms with Crippen molar-refractivity contribution in [1.82, 2.24) is 4.98 Å². The van der Waals surface area contributed by atoms with E-state index in [0.29, 0.717) is 16.6 Å². The summed E-state index contributed by atoms with van der Waals surface area (Å²) in [6, 6.07) is 0.446. The van der Waals surface area contributed by atoms with Crippen LogP contribution in [0.15, 0.2) is 0 Å². The first-order chi connectivity index (χ1) is 7.16. The third kappa shape index (κ3) is 2.43. The number of anilines is 1. The summed E-state index contributed by atoms with van der Waals surface area (Å²) >= 11 is 3.14. The fraction of sp³-hybridized carbons (Fsp3) is 0.556. The summed E-state index contributed by atoms with van der Waals surface area (Å²) < 4.78 is 0. The lowest BCUT2D eigenvalue weighted by molar-refractivity contribution is 0.0701. The van der Waals surface area contributed by atoms with Gasteiger partial charge in [0, 0.05) is 11.8 Å². The van der Waals surface area contributed by atoms with Crippen molar-refractivity contribution in [3.05, 3.63) is 10.6 Å². The molecule has 4 nitrogen and oxygen atoms in total. The average molecular weight is 244 g/mol. The molecule has 1 aliphatic heterocycles. The molecule has 0 aliphatic carbocycles. The summed E-state index contributed by atoms with van der Waals surface area (Å²) in [5.41, 5.74) is 0.598. The predicted octanol–water partition coefficient (Wildman–Crippen LogP) is 2.07. The molecule has 1 saturated heterocycles. The second-order valence-corrected chi connectivity index (χ2v) is 5.59. The summed E-state index contributed by atoms with van der Waals surface area (Å²) in [6.45, 7) is 1.73. The minimum atomic E-state index is -0.890. The van der Waals surface area contributed by atoms with Gasteiger partial charge in [0.2, 0.25) is 0 Å². The maximum absolute atomic E-state index is 10.8. The highest BCUT2D eigenvalue weighted by Gasteiger charge is 2.19. The van der Waals surface area contributed by atoms with Crippen LogP contribution in [0, 0.1) is 6.92 Å². The van der Waals surface area contributed by atoms with Gasteiger partial charge in [-0.05, 0) is 19.1 Å². The quantitative estimate of drug-likeness (QED) is 0.852. The van der Waals surface area contributed by atoms with Crippen LogP contribution in [0.3, 0.4) is 0 Å². The van der Waals surface area contributed by atoms with Crippen LogP contribution >= 0.6 is 23.1 Å². The molecule has 1 atom stereocenters. The zero-order chi connectivity index (χ0) is 10.8. The van der Waals surface area contributed by atoms with Crippen LogP contribution in [0.2, 0.25) is 0 Å². The minimum Gasteiger partial charge on any atom is -0.477 e. The van der Waals surface area contributed by atoms with Crippen LogP contribution < -0.4 is 5.32 Å². The van der Waals surface area contributed by atoms with Crippen molar-refractivity contribution in [2.45, 2.75) is 19.4 Å². The summed E-state index contributed by atoms with van der Waals surface area (Å²) in [6.07, 6.45) is 1.13. The first-order valence-electron chi connectivity index (χ1n) is 4.72. The molecule has 1 fully saturated rings. The van der Waals surface area contributed by atoms with Gasteiger partial charge in [-0.1, -0.05) is 11.3 Å². The second kappa shape index (κ2) is 4.40. The van der Waals surface area contributed by atoms with Crippen LogP contribution in [-0.4, -0.2) is 33.6 Å². The highest BCUT2D eigenvalue weighted by molar-refractivity contribution is 7.99. The Balaban J connectivity index is 2.08. The number of carboxylic acids is 1. The van der Waals surface area contributed by atoms with Gasteiger partial charge in [0.1, 0.15) is 4.88 Å². The van der Waals surface area contributed by atoms with Gasteiger partial charge in [-0.25, -0.2) is 9.78 Å². The fourth-order valence-corrected chi connectivity index (χ4v) is 3.51. The molecule has 0 spiro atoms. The molecule has 0 amide bonds. The van der Waals surface area contributed by atoms with Gasteiger partial charge < -0.3 is 10.4 Å². The lowest BCUT2D eigenvalue weighted by Crippen LogP contribution is -2.17. The van der Waals surface area contributed by atoms with Gasteiger partial charge in [-0.2, -0.15) is 11.8 Å². The number of hydrogen-bond acceptors (Lipinski definition) is 5. The zero-order valence-corrected chi connectivity index (χ0v) is 9.95. The highest BCUT2D eigenvalue weighted by atomic mass is 32.2. The molecule has 6 heteroatoms. The highest BCUT2D eigenvalue weighted by Crippen LogP contribution is 2.26. The molecule has 82 valence electrons. The molecule has 0 bridgehead atoms. The zero-order valence-electron chi connectivity index (χ0n) is 8.32. The van der Waals surface area contributed by atoms with E-state index in [0.717, 1.165) is 17.3 Å². The van der Waals surface area contributed by atoms with E-state index in [-0.39, 0.29) is 0 Å². The van der Waals surface area contributed by atoms with Crippen molar-refractivity contribution in [3.8, 4) is 0 Å². The molecule has 0 radical (unpaired) electrons. The number of aromatic nitrogens is 1. The van der Waals surface area contributed by atoms with Crippen molar-refractivity contribution in [2.75, 3.05) is 16.8 Å². The van der Waals surface area contributed by atoms with Gasteiger partial charge in [-0.3, -0.25) is 0 Å². The van der Waals surface area contributed by atoms with E-state index in [4.69, 9.17) is 5.11 Å². The van der Waals surface area contributed by atoms with Gasteiger partial charge in [0.25, 0.3) is 0 Å². The first kappa shape index (κ1) is 10.8. The van der Waals surface area contributed by atoms with E-state index in [2.05, 4.69) is 10.3 Å². The summed E-state index contributed by atoms with van der Waals surface area (Å²) in [4.78, 5) is 15.4. The van der Waals surface area contributed by atoms with Crippen LogP contribution in [0.4, 0.5) is 5.13 Å². The van der Waals surface area contributed by atoms with Crippen molar-refractivity contribution in [2.24, 2.45) is 0 Å². The Hall–Kier alpha value is -0.750. The van der Waals surface area contributed by atoms with Gasteiger partial charge in [0.15, 0.2) is 5.13 Å². The molecular weight excluding hydrogens is 232 g/mol. The molecule has 2 N–H and O–H groups in total. The summed E-state index contributed by atoms with van der Waals surface area (Å²) in [5.74, 6) is 1.37. The molecule has 1 aromatic rings. The lowest BCUT2D eigenvalue weighted by atomic mass is 10.3. The van der Waals surface area contributed by atoms with Crippen molar-refractivity contribution in [1.29, 1.82) is 0 Å². The predicted molar refractivity (Wildman–Crippen MR) is 63.2 cm³/mol. The molecule has 1 aliphatic rings. The molecule has 2 rings (SSSR count). The number of hydrogen-bond donors (Lipinski definition) is 2. The Kier molecular flexibility index (Phi) is 3.16. The minimum absolute atomic E-state index is 0.336. The van der Waals surface area contributed by atoms with Crippen molar-refractivity contribution in [3.63, 3.8) is 0 Å². The average Bonchev–Trinajstić information content (AvgIpc) is 2.75. The maximum atomic E-state index is 10.8. The van der Waals surface area contributed by atoms with E-state index >= 15 is 0 Å². The molecule has 0 saturated carbocycles. The third-order valence-corrected chi connectivity index (χ3v) is 4.49. The van der Waals surface area contributed by atoms with E-state index in [1.807, 2.05) is 11.8 Å². The van der Waals surface area contributed by atoms with Gasteiger partial charge in [-0.15, -0.1) is 0 Å². The summed E-state index contributed by atoms with van der Waals surface area (Å²) in [5, 5.41) is 12.9. The summed E-state index contributed by atoms with van der Waals surface area (Å²) in [7, 11) is 0. The number of carboxylic acid groups (broad SMARTS) is 1. The Morgan fingerprint density at radius 1 is 1.67 bits per heavy atom. The molecule has 1 unspecified atom stereocenters. The molecule has 1 aromatic heterocycles. The number of thiazole rings is 1. The standard InChI is InChI=1S/C9H12N2O2S2/c1-5-7(8(12)13)15-9(10-5)11-6-2-3-14-4-6/h6H,2-4H2,1H3,(H,10,11)(H,12,13). The molecule has 2 heterocycles. The topological polar surface area (TPSA) is 62.2 Å². The van der Waals surface area contributed by atoms with E-state index in [9.17, 15) is 4.79 Å². The number of aryl methyl sites for hydroxylation is 1. The van der Waals surface area contributed by atoms with E-state index < -0.39 is 5.97 Å². The SMILES string of the molecule is Cc1nc(NC2CCSC2)sc1C(=O)O. The largest absolute Gasteiger partial charge is 0.477 e. The monoisotopic (exact) mass is 244 g/mol. The lowest BCUT2D eigenvalue weighted by Gasteiger charge is -2.08. The molecule has 0 aromatic carbocycles. The fourth-order valence-electron chi connectivity index (χ4n) is 1.48. The van der Waals surface area contributed by atoms with E-state index in [1.165, 1.54) is 17.1 Å². The number of rotatable bonds is 3. The Bertz CT molecular complexity index is 372. The maximum Gasteiger partial charge on any atom is 0.347 e. The smallest absolute Gasteiger partial charge is 0.347 e. The van der Waals surface area contributed by atoms with Crippen LogP contribution in [0.1, 0.15) is 21.8 Å². The number of carbonyl (C=O) groups is 1. The van der Waals surface area contributed by atoms with Crippen LogP contribution in [-0.2, 0) is 0 Å². The van der Waals surface area contributed by atoms with Crippen molar-refractivity contribution >= 4 is 34.2 Å². The number of thioether (sulfide) groups is 1. The van der Waals surface area contributed by atoms with Crippen LogP contribution in [0.5, 0.6) is 0 Å². The normalized spacial score (nSPS) is 20.5. The molecule has 15 heavy (non-hydrogen) atoms. The van der Waals surface area contributed by atoms with Gasteiger partial charge in [0.05, 0.1) is 5.69 Å². The number of nitrogens with zero attached hydrogens (tertiary/aromatic N) is 1. The number of nitrogens with one attached hydrogen (secondary N) is 1. The van der Waals surface area contributed by atoms with Gasteiger partial charge >= 0.3 is 5.97 Å². The molecular formula is C9H12N2O2S2. The first-order valence-corrected chi connectivity index (χ1v) is 6.69. The third-order valence-electron chi connectivity index (χ3n) is 2.25. The Labute approximate surface area is 96.1 Å². The van der Waals surface area contributed by atoms with Crippen LogP contribution in [0.25, 0.3) is 0 Å². The Morgan fingerprint density at radius 3 is 3.00 bits per heavy atom. The Morgan fingerprint density at radius 2 is 2.47 bits per heavy atom. The number of aromatic carboxylic acids is 1.